The Morgan fingerprint density at radius 1 is 0.800 bits per heavy atom. The van der Waals surface area contributed by atoms with Gasteiger partial charge in [0.25, 0.3) is 0 Å². The number of nitrogens with one attached hydrogen (secondary N) is 1. The van der Waals surface area contributed by atoms with E-state index in [2.05, 4.69) is 5.32 Å². The first-order chi connectivity index (χ1) is 11.8. The van der Waals surface area contributed by atoms with Gasteiger partial charge in [-0.05, 0) is 25.7 Å². The molecule has 6 atom stereocenters. The van der Waals surface area contributed by atoms with E-state index in [1.807, 2.05) is 0 Å². The van der Waals surface area contributed by atoms with Crippen molar-refractivity contribution < 1.29 is 40.2 Å². The number of aliphatic carboxylic acids is 2. The number of carbonyl (C=O) groups is 2. The molecule has 0 aromatic rings. The molecule has 9 nitrogen and oxygen atoms in total. The first kappa shape index (κ1) is 21.8. The molecule has 0 spiro atoms. The largest absolute Gasteiger partial charge is 0.481 e. The van der Waals surface area contributed by atoms with Crippen molar-refractivity contribution in [3.8, 4) is 0 Å². The Labute approximate surface area is 146 Å². The summed E-state index contributed by atoms with van der Waals surface area (Å²) in [6, 6.07) is -0.778. The second-order valence-corrected chi connectivity index (χ2v) is 6.57. The van der Waals surface area contributed by atoms with Gasteiger partial charge in [0.1, 0.15) is 0 Å². The summed E-state index contributed by atoms with van der Waals surface area (Å²) in [5, 5.41) is 60.8. The molecule has 146 valence electrons. The molecule has 0 radical (unpaired) electrons. The maximum atomic E-state index is 10.7. The highest BCUT2D eigenvalue weighted by Gasteiger charge is 2.48. The second-order valence-electron chi connectivity index (χ2n) is 6.57. The minimum atomic E-state index is -1.10. The lowest BCUT2D eigenvalue weighted by molar-refractivity contribution is -0.144. The molecule has 9 heteroatoms. The van der Waals surface area contributed by atoms with Crippen molar-refractivity contribution in [2.45, 2.75) is 62.9 Å². The fraction of sp³-hybridized carbons (Fsp3) is 0.875. The first-order valence-corrected chi connectivity index (χ1v) is 8.61. The molecule has 0 bridgehead atoms. The Kier molecular flexibility index (Phi) is 9.30. The minimum Gasteiger partial charge on any atom is -0.481 e. The highest BCUT2D eigenvalue weighted by Crippen LogP contribution is 2.36. The van der Waals surface area contributed by atoms with E-state index >= 15 is 0 Å². The summed E-state index contributed by atoms with van der Waals surface area (Å²) in [6.45, 7) is -0.0373. The van der Waals surface area contributed by atoms with Crippen LogP contribution < -0.4 is 5.32 Å². The molecule has 1 aliphatic rings. The predicted octanol–water partition coefficient (Wildman–Crippen LogP) is -1.22. The number of aliphatic hydroxyl groups excluding tert-OH is 4. The number of aliphatic hydroxyl groups is 4. The van der Waals surface area contributed by atoms with Gasteiger partial charge in [0.15, 0.2) is 0 Å². The van der Waals surface area contributed by atoms with Crippen LogP contribution in [-0.2, 0) is 9.59 Å². The Hall–Kier alpha value is -1.26. The summed E-state index contributed by atoms with van der Waals surface area (Å²) in [5.74, 6) is -3.19. The lowest BCUT2D eigenvalue weighted by Crippen LogP contribution is -2.63. The lowest BCUT2D eigenvalue weighted by atomic mass is 9.69. The van der Waals surface area contributed by atoms with Crippen molar-refractivity contribution >= 4 is 11.9 Å². The van der Waals surface area contributed by atoms with E-state index in [-0.39, 0.29) is 51.7 Å². The quantitative estimate of drug-likeness (QED) is 0.238. The number of rotatable bonds is 11. The minimum absolute atomic E-state index is 0.0864. The molecule has 0 heterocycles. The van der Waals surface area contributed by atoms with Crippen LogP contribution in [0.15, 0.2) is 0 Å². The summed E-state index contributed by atoms with van der Waals surface area (Å²) < 4.78 is 0. The van der Waals surface area contributed by atoms with Crippen molar-refractivity contribution in [1.29, 1.82) is 0 Å². The van der Waals surface area contributed by atoms with Crippen LogP contribution in [0.4, 0.5) is 0 Å². The van der Waals surface area contributed by atoms with E-state index in [9.17, 15) is 24.9 Å². The van der Waals surface area contributed by atoms with Gasteiger partial charge in [-0.1, -0.05) is 0 Å². The molecule has 1 fully saturated rings. The lowest BCUT2D eigenvalue weighted by Gasteiger charge is -2.47. The van der Waals surface area contributed by atoms with E-state index in [1.165, 1.54) is 0 Å². The first-order valence-electron chi connectivity index (χ1n) is 8.61. The van der Waals surface area contributed by atoms with Crippen molar-refractivity contribution in [1.82, 2.24) is 5.32 Å². The second kappa shape index (κ2) is 10.7. The summed E-state index contributed by atoms with van der Waals surface area (Å²) >= 11 is 0. The SMILES string of the molecule is O=C(O)CCC[C@@H]1C(O)[C@H](CCCC(=O)O)[C@H](O)C(NCCO)[C@@H]1O. The zero-order valence-electron chi connectivity index (χ0n) is 14.1. The third kappa shape index (κ3) is 6.52. The van der Waals surface area contributed by atoms with Crippen molar-refractivity contribution in [3.63, 3.8) is 0 Å². The zero-order valence-corrected chi connectivity index (χ0v) is 14.1. The molecule has 7 N–H and O–H groups in total. The molecule has 0 aromatic carbocycles. The molecular weight excluding hydrogens is 334 g/mol. The van der Waals surface area contributed by atoms with Gasteiger partial charge in [-0.15, -0.1) is 0 Å². The van der Waals surface area contributed by atoms with Crippen LogP contribution in [0.2, 0.25) is 0 Å². The van der Waals surface area contributed by atoms with Crippen LogP contribution in [-0.4, -0.2) is 80.1 Å². The fourth-order valence-corrected chi connectivity index (χ4v) is 3.59. The van der Waals surface area contributed by atoms with E-state index in [4.69, 9.17) is 15.3 Å². The molecule has 1 aliphatic carbocycles. The van der Waals surface area contributed by atoms with Crippen LogP contribution in [0.1, 0.15) is 38.5 Å². The predicted molar refractivity (Wildman–Crippen MR) is 86.9 cm³/mol. The van der Waals surface area contributed by atoms with Crippen molar-refractivity contribution in [2.75, 3.05) is 13.2 Å². The number of hydrogen-bond donors (Lipinski definition) is 7. The van der Waals surface area contributed by atoms with Gasteiger partial charge in [0.05, 0.1) is 31.0 Å². The fourth-order valence-electron chi connectivity index (χ4n) is 3.59. The number of carboxylic acids is 2. The van der Waals surface area contributed by atoms with Crippen LogP contribution in [0.3, 0.4) is 0 Å². The standard InChI is InChI=1S/C16H29NO8/c18-8-7-17-13-15(24)9(3-1-5-11(19)20)14(23)10(16(13)25)4-2-6-12(21)22/h9-10,13-18,23-25H,1-8H2,(H,19,20)(H,21,22)/t9-,10+,13?,14?,15-,16+. The molecule has 25 heavy (non-hydrogen) atoms. The molecule has 0 aliphatic heterocycles. The van der Waals surface area contributed by atoms with Crippen LogP contribution in [0, 0.1) is 11.8 Å². The Balaban J connectivity index is 2.82. The van der Waals surface area contributed by atoms with Gasteiger partial charge in [0, 0.05) is 31.2 Å². The number of hydrogen-bond acceptors (Lipinski definition) is 7. The summed E-state index contributed by atoms with van der Waals surface area (Å²) in [5.41, 5.74) is 0. The summed E-state index contributed by atoms with van der Waals surface area (Å²) in [6.07, 6.45) is -2.32. The Bertz CT molecular complexity index is 398. The Morgan fingerprint density at radius 2 is 1.24 bits per heavy atom. The molecular formula is C16H29NO8. The number of carboxylic acid groups (broad SMARTS) is 2. The smallest absolute Gasteiger partial charge is 0.303 e. The summed E-state index contributed by atoms with van der Waals surface area (Å²) in [4.78, 5) is 21.3. The van der Waals surface area contributed by atoms with Gasteiger partial charge in [-0.3, -0.25) is 9.59 Å². The molecule has 0 amide bonds. The maximum Gasteiger partial charge on any atom is 0.303 e. The van der Waals surface area contributed by atoms with Gasteiger partial charge in [0.2, 0.25) is 0 Å². The third-order valence-corrected chi connectivity index (χ3v) is 4.84. The normalized spacial score (nSPS) is 32.5. The van der Waals surface area contributed by atoms with Crippen LogP contribution in [0.5, 0.6) is 0 Å². The van der Waals surface area contributed by atoms with E-state index in [0.717, 1.165) is 0 Å². The molecule has 0 aromatic heterocycles. The molecule has 0 saturated heterocycles. The average Bonchev–Trinajstić information content (AvgIpc) is 2.53. The van der Waals surface area contributed by atoms with Crippen molar-refractivity contribution in [2.24, 2.45) is 11.8 Å². The van der Waals surface area contributed by atoms with Crippen molar-refractivity contribution in [3.05, 3.63) is 0 Å². The van der Waals surface area contributed by atoms with E-state index in [0.29, 0.717) is 0 Å². The van der Waals surface area contributed by atoms with Gasteiger partial charge >= 0.3 is 11.9 Å². The van der Waals surface area contributed by atoms with Crippen LogP contribution in [0.25, 0.3) is 0 Å². The Morgan fingerprint density at radius 3 is 1.60 bits per heavy atom. The molecule has 1 rings (SSSR count). The summed E-state index contributed by atoms with van der Waals surface area (Å²) in [7, 11) is 0. The van der Waals surface area contributed by atoms with E-state index < -0.39 is 48.1 Å². The van der Waals surface area contributed by atoms with E-state index in [1.54, 1.807) is 0 Å². The molecule has 2 unspecified atom stereocenters. The highest BCUT2D eigenvalue weighted by atomic mass is 16.4. The van der Waals surface area contributed by atoms with Gasteiger partial charge < -0.3 is 36.0 Å². The third-order valence-electron chi connectivity index (χ3n) is 4.84. The van der Waals surface area contributed by atoms with Crippen LogP contribution >= 0.6 is 0 Å². The average molecular weight is 363 g/mol. The highest BCUT2D eigenvalue weighted by molar-refractivity contribution is 5.66. The topological polar surface area (TPSA) is 168 Å². The molecule has 1 saturated carbocycles. The monoisotopic (exact) mass is 363 g/mol. The van der Waals surface area contributed by atoms with Gasteiger partial charge in [-0.2, -0.15) is 0 Å². The van der Waals surface area contributed by atoms with Gasteiger partial charge in [-0.25, -0.2) is 0 Å². The zero-order chi connectivity index (χ0) is 19.0. The maximum absolute atomic E-state index is 10.7.